The number of thiophene rings is 1. The lowest BCUT2D eigenvalue weighted by Gasteiger charge is -2.03. The molecule has 92 valence electrons. The predicted molar refractivity (Wildman–Crippen MR) is 80.0 cm³/mol. The Kier molecular flexibility index (Phi) is 2.87. The zero-order valence-corrected chi connectivity index (χ0v) is 12.3. The number of nitrogens with two attached hydrogens (primary N) is 1. The number of hydrogen-bond acceptors (Lipinski definition) is 3. The van der Waals surface area contributed by atoms with E-state index in [0.29, 0.717) is 12.4 Å². The second kappa shape index (κ2) is 4.40. The van der Waals surface area contributed by atoms with Crippen LogP contribution >= 0.6 is 27.3 Å². The van der Waals surface area contributed by atoms with Crippen molar-refractivity contribution in [3.05, 3.63) is 45.4 Å². The van der Waals surface area contributed by atoms with Gasteiger partial charge in [-0.2, -0.15) is 5.10 Å². The Morgan fingerprint density at radius 2 is 2.17 bits per heavy atom. The highest BCUT2D eigenvalue weighted by molar-refractivity contribution is 9.10. The molecular weight excluding hydrogens is 310 g/mol. The van der Waals surface area contributed by atoms with E-state index in [0.717, 1.165) is 10.2 Å². The third-order valence-corrected chi connectivity index (χ3v) is 4.96. The Hall–Kier alpha value is -1.33. The number of rotatable bonds is 2. The third-order valence-electron chi connectivity index (χ3n) is 2.97. The maximum absolute atomic E-state index is 6.02. The number of nitrogens with zero attached hydrogens (tertiary/aromatic N) is 2. The summed E-state index contributed by atoms with van der Waals surface area (Å²) in [6.45, 7) is 2.66. The van der Waals surface area contributed by atoms with Gasteiger partial charge in [0.05, 0.1) is 16.7 Å². The average molecular weight is 322 g/mol. The molecule has 0 saturated carbocycles. The van der Waals surface area contributed by atoms with Gasteiger partial charge >= 0.3 is 0 Å². The molecule has 0 spiro atoms. The molecule has 0 bridgehead atoms. The molecule has 3 aromatic rings. The lowest BCUT2D eigenvalue weighted by atomic mass is 10.2. The van der Waals surface area contributed by atoms with Gasteiger partial charge in [0.2, 0.25) is 0 Å². The van der Waals surface area contributed by atoms with E-state index in [4.69, 9.17) is 5.73 Å². The van der Waals surface area contributed by atoms with Gasteiger partial charge in [-0.1, -0.05) is 18.2 Å². The fraction of sp³-hybridized carbons (Fsp3) is 0.154. The number of halogens is 1. The highest BCUT2D eigenvalue weighted by Gasteiger charge is 2.11. The highest BCUT2D eigenvalue weighted by Crippen LogP contribution is 2.28. The van der Waals surface area contributed by atoms with Gasteiger partial charge in [-0.15, -0.1) is 11.3 Å². The first-order valence-electron chi connectivity index (χ1n) is 5.60. The summed E-state index contributed by atoms with van der Waals surface area (Å²) in [6, 6.07) is 8.40. The van der Waals surface area contributed by atoms with E-state index in [1.54, 1.807) is 11.3 Å². The summed E-state index contributed by atoms with van der Waals surface area (Å²) in [7, 11) is 0. The Bertz CT molecular complexity index is 714. The summed E-state index contributed by atoms with van der Waals surface area (Å²) in [4.78, 5) is 0. The van der Waals surface area contributed by atoms with Crippen molar-refractivity contribution in [1.29, 1.82) is 0 Å². The molecule has 0 amide bonds. The van der Waals surface area contributed by atoms with Crippen molar-refractivity contribution in [3.63, 3.8) is 0 Å². The third kappa shape index (κ3) is 1.83. The summed E-state index contributed by atoms with van der Waals surface area (Å²) in [5.41, 5.74) is 8.21. The van der Waals surface area contributed by atoms with Gasteiger partial charge in [-0.05, 0) is 45.2 Å². The van der Waals surface area contributed by atoms with Crippen LogP contribution in [0, 0.1) is 6.92 Å². The smallest absolute Gasteiger partial charge is 0.136 e. The zero-order chi connectivity index (χ0) is 12.7. The minimum absolute atomic E-state index is 0.683. The van der Waals surface area contributed by atoms with Crippen LogP contribution in [0.4, 0.5) is 5.82 Å². The first-order valence-corrected chi connectivity index (χ1v) is 7.27. The molecule has 0 aliphatic carbocycles. The van der Waals surface area contributed by atoms with Crippen molar-refractivity contribution in [2.24, 2.45) is 0 Å². The lowest BCUT2D eigenvalue weighted by molar-refractivity contribution is 0.693. The van der Waals surface area contributed by atoms with Crippen LogP contribution in [0.1, 0.15) is 11.3 Å². The van der Waals surface area contributed by atoms with Gasteiger partial charge < -0.3 is 5.73 Å². The predicted octanol–water partition coefficient (Wildman–Crippen LogP) is 3.80. The SMILES string of the molecule is Cc1nn(Cc2csc3ccccc23)c(N)c1Br. The van der Waals surface area contributed by atoms with Gasteiger partial charge in [0.25, 0.3) is 0 Å². The first kappa shape index (κ1) is 11.7. The molecule has 0 saturated heterocycles. The molecule has 0 atom stereocenters. The largest absolute Gasteiger partial charge is 0.383 e. The molecule has 0 radical (unpaired) electrons. The van der Waals surface area contributed by atoms with Crippen LogP contribution in [-0.2, 0) is 6.54 Å². The Balaban J connectivity index is 2.04. The summed E-state index contributed by atoms with van der Waals surface area (Å²) in [5.74, 6) is 0.683. The molecule has 3 nitrogen and oxygen atoms in total. The summed E-state index contributed by atoms with van der Waals surface area (Å²) >= 11 is 5.20. The lowest BCUT2D eigenvalue weighted by Crippen LogP contribution is -2.05. The van der Waals surface area contributed by atoms with Gasteiger partial charge in [0.15, 0.2) is 0 Å². The maximum Gasteiger partial charge on any atom is 0.136 e. The van der Waals surface area contributed by atoms with Crippen molar-refractivity contribution in [2.75, 3.05) is 5.73 Å². The molecule has 0 unspecified atom stereocenters. The second-order valence-corrected chi connectivity index (χ2v) is 5.90. The number of benzene rings is 1. The van der Waals surface area contributed by atoms with Crippen LogP contribution in [0.2, 0.25) is 0 Å². The number of anilines is 1. The molecule has 5 heteroatoms. The van der Waals surface area contributed by atoms with Crippen LogP contribution in [0.3, 0.4) is 0 Å². The van der Waals surface area contributed by atoms with Crippen LogP contribution < -0.4 is 5.73 Å². The summed E-state index contributed by atoms with van der Waals surface area (Å²) in [6.07, 6.45) is 0. The molecule has 0 aliphatic heterocycles. The molecule has 18 heavy (non-hydrogen) atoms. The van der Waals surface area contributed by atoms with E-state index in [1.807, 2.05) is 11.6 Å². The molecule has 0 fully saturated rings. The standard InChI is InChI=1S/C13H12BrN3S/c1-8-12(14)13(15)17(16-8)6-9-7-18-11-5-3-2-4-10(9)11/h2-5,7H,6,15H2,1H3. The molecule has 2 aromatic heterocycles. The normalized spacial score (nSPS) is 11.2. The van der Waals surface area contributed by atoms with E-state index in [1.165, 1.54) is 15.6 Å². The molecule has 0 aliphatic rings. The highest BCUT2D eigenvalue weighted by atomic mass is 79.9. The van der Waals surface area contributed by atoms with Crippen LogP contribution in [-0.4, -0.2) is 9.78 Å². The molecule has 3 rings (SSSR count). The molecule has 2 heterocycles. The van der Waals surface area contributed by atoms with Gasteiger partial charge in [0, 0.05) is 4.70 Å². The van der Waals surface area contributed by atoms with Gasteiger partial charge in [-0.25, -0.2) is 4.68 Å². The van der Waals surface area contributed by atoms with Crippen molar-refractivity contribution in [1.82, 2.24) is 9.78 Å². The molecular formula is C13H12BrN3S. The minimum Gasteiger partial charge on any atom is -0.383 e. The minimum atomic E-state index is 0.683. The van der Waals surface area contributed by atoms with E-state index < -0.39 is 0 Å². The van der Waals surface area contributed by atoms with Crippen LogP contribution in [0.25, 0.3) is 10.1 Å². The molecule has 1 aromatic carbocycles. The quantitative estimate of drug-likeness (QED) is 0.780. The van der Waals surface area contributed by atoms with Crippen molar-refractivity contribution >= 4 is 43.2 Å². The Labute approximate surface area is 117 Å². The summed E-state index contributed by atoms with van der Waals surface area (Å²) < 4.78 is 4.03. The fourth-order valence-electron chi connectivity index (χ4n) is 2.01. The van der Waals surface area contributed by atoms with Gasteiger partial charge in [0.1, 0.15) is 5.82 Å². The summed E-state index contributed by atoms with van der Waals surface area (Å²) in [5, 5.41) is 7.90. The number of nitrogen functional groups attached to an aromatic ring is 1. The maximum atomic E-state index is 6.02. The van der Waals surface area contributed by atoms with E-state index in [-0.39, 0.29) is 0 Å². The second-order valence-electron chi connectivity index (χ2n) is 4.20. The average Bonchev–Trinajstić information content (AvgIpc) is 2.89. The van der Waals surface area contributed by atoms with E-state index >= 15 is 0 Å². The topological polar surface area (TPSA) is 43.8 Å². The van der Waals surface area contributed by atoms with Crippen molar-refractivity contribution in [3.8, 4) is 0 Å². The monoisotopic (exact) mass is 321 g/mol. The van der Waals surface area contributed by atoms with Gasteiger partial charge in [-0.3, -0.25) is 0 Å². The van der Waals surface area contributed by atoms with Crippen molar-refractivity contribution < 1.29 is 0 Å². The Morgan fingerprint density at radius 1 is 1.39 bits per heavy atom. The van der Waals surface area contributed by atoms with E-state index in [9.17, 15) is 0 Å². The van der Waals surface area contributed by atoms with Crippen LogP contribution in [0.5, 0.6) is 0 Å². The number of aryl methyl sites for hydroxylation is 1. The number of hydrogen-bond donors (Lipinski definition) is 1. The fourth-order valence-corrected chi connectivity index (χ4v) is 3.25. The van der Waals surface area contributed by atoms with Crippen molar-refractivity contribution in [2.45, 2.75) is 13.5 Å². The Morgan fingerprint density at radius 3 is 2.89 bits per heavy atom. The first-order chi connectivity index (χ1) is 8.66. The van der Waals surface area contributed by atoms with Crippen LogP contribution in [0.15, 0.2) is 34.1 Å². The van der Waals surface area contributed by atoms with E-state index in [2.05, 4.69) is 50.7 Å². The zero-order valence-electron chi connectivity index (χ0n) is 9.85. The number of aromatic nitrogens is 2. The number of fused-ring (bicyclic) bond motifs is 1. The molecule has 2 N–H and O–H groups in total.